The van der Waals surface area contributed by atoms with E-state index in [9.17, 15) is 13.2 Å². The molecule has 0 radical (unpaired) electrons. The molecule has 0 fully saturated rings. The van der Waals surface area contributed by atoms with Gasteiger partial charge in [0, 0.05) is 18.0 Å². The van der Waals surface area contributed by atoms with Crippen LogP contribution in [0.25, 0.3) is 0 Å². The van der Waals surface area contributed by atoms with Gasteiger partial charge in [0.05, 0.1) is 11.9 Å². The Hall–Kier alpha value is -2.00. The number of fused-ring (bicyclic) bond motifs is 1. The van der Waals surface area contributed by atoms with E-state index >= 15 is 0 Å². The van der Waals surface area contributed by atoms with Gasteiger partial charge in [-0.3, -0.25) is 14.4 Å². The van der Waals surface area contributed by atoms with Crippen molar-refractivity contribution in [3.63, 3.8) is 0 Å². The van der Waals surface area contributed by atoms with E-state index in [-0.39, 0.29) is 11.8 Å². The molecule has 0 atom stereocenters. The number of carbonyl (C=O) groups excluding carboxylic acids is 1. The lowest BCUT2D eigenvalue weighted by atomic mass is 10.1. The van der Waals surface area contributed by atoms with E-state index in [1.54, 1.807) is 18.2 Å². The average Bonchev–Trinajstić information content (AvgIpc) is 3.11. The maximum absolute atomic E-state index is 12.4. The van der Waals surface area contributed by atoms with Gasteiger partial charge < -0.3 is 0 Å². The summed E-state index contributed by atoms with van der Waals surface area (Å²) in [6, 6.07) is 5.04. The first-order valence-corrected chi connectivity index (χ1v) is 10.2. The van der Waals surface area contributed by atoms with Crippen molar-refractivity contribution in [1.82, 2.24) is 10.2 Å². The van der Waals surface area contributed by atoms with Gasteiger partial charge >= 0.3 is 0 Å². The minimum Gasteiger partial charge on any atom is -0.296 e. The monoisotopic (exact) mass is 366 g/mol. The fraction of sp³-hybridized carbons (Fsp3) is 0.400. The number of carbonyl (C=O) groups is 1. The number of rotatable bonds is 4. The van der Waals surface area contributed by atoms with Crippen LogP contribution < -0.4 is 9.62 Å². The largest absolute Gasteiger partial charge is 0.296 e. The van der Waals surface area contributed by atoms with Gasteiger partial charge in [-0.15, -0.1) is 10.2 Å². The molecule has 24 heavy (non-hydrogen) atoms. The molecular formula is C15H18N4O3S2. The van der Waals surface area contributed by atoms with Gasteiger partial charge in [-0.2, -0.15) is 0 Å². The minimum absolute atomic E-state index is 0.259. The van der Waals surface area contributed by atoms with Gasteiger partial charge in [-0.1, -0.05) is 25.2 Å². The second kappa shape index (κ2) is 6.14. The number of sulfonamides is 1. The van der Waals surface area contributed by atoms with Crippen LogP contribution in [0.5, 0.6) is 0 Å². The van der Waals surface area contributed by atoms with Crippen LogP contribution >= 0.6 is 11.3 Å². The summed E-state index contributed by atoms with van der Waals surface area (Å²) in [5.74, 6) is -0.0165. The van der Waals surface area contributed by atoms with Crippen LogP contribution in [0.3, 0.4) is 0 Å². The van der Waals surface area contributed by atoms with E-state index in [2.05, 4.69) is 15.5 Å². The molecule has 1 aliphatic rings. The zero-order chi connectivity index (χ0) is 17.5. The van der Waals surface area contributed by atoms with Gasteiger partial charge in [0.15, 0.2) is 0 Å². The number of hydrogen-bond acceptors (Lipinski definition) is 6. The quantitative estimate of drug-likeness (QED) is 0.896. The molecule has 9 heteroatoms. The zero-order valence-electron chi connectivity index (χ0n) is 13.6. The summed E-state index contributed by atoms with van der Waals surface area (Å²) in [6.45, 7) is 4.44. The Morgan fingerprint density at radius 3 is 2.71 bits per heavy atom. The topological polar surface area (TPSA) is 92.3 Å². The molecule has 0 bridgehead atoms. The Kier molecular flexibility index (Phi) is 4.31. The standard InChI is InChI=1S/C15H18N4O3S2/c1-9(2)14-17-18-15(23-14)16-13(20)11-4-5-12-10(8-11)6-7-19(12)24(3,21)22/h4-5,8-9H,6-7H2,1-3H3,(H,16,18,20). The van der Waals surface area contributed by atoms with Crippen molar-refractivity contribution >= 4 is 38.1 Å². The lowest BCUT2D eigenvalue weighted by Gasteiger charge is -2.16. The van der Waals surface area contributed by atoms with Crippen LogP contribution in [-0.2, 0) is 16.4 Å². The molecule has 0 aliphatic carbocycles. The Morgan fingerprint density at radius 1 is 1.33 bits per heavy atom. The molecule has 1 aromatic heterocycles. The van der Waals surface area contributed by atoms with Crippen molar-refractivity contribution in [3.05, 3.63) is 34.3 Å². The number of anilines is 2. The molecule has 1 N–H and O–H groups in total. The van der Waals surface area contributed by atoms with Crippen molar-refractivity contribution < 1.29 is 13.2 Å². The summed E-state index contributed by atoms with van der Waals surface area (Å²) in [6.07, 6.45) is 1.78. The van der Waals surface area contributed by atoms with Gasteiger partial charge in [0.1, 0.15) is 5.01 Å². The van der Waals surface area contributed by atoms with Crippen LogP contribution in [0.15, 0.2) is 18.2 Å². The highest BCUT2D eigenvalue weighted by Crippen LogP contribution is 2.31. The average molecular weight is 366 g/mol. The number of nitrogens with zero attached hydrogens (tertiary/aromatic N) is 3. The number of benzene rings is 1. The summed E-state index contributed by atoms with van der Waals surface area (Å²) < 4.78 is 24.9. The van der Waals surface area contributed by atoms with Crippen molar-refractivity contribution in [2.24, 2.45) is 0 Å². The van der Waals surface area contributed by atoms with E-state index in [1.165, 1.54) is 21.9 Å². The number of nitrogens with one attached hydrogen (secondary N) is 1. The SMILES string of the molecule is CC(C)c1nnc(NC(=O)c2ccc3c(c2)CCN3S(C)(=O)=O)s1. The maximum atomic E-state index is 12.4. The second-order valence-electron chi connectivity index (χ2n) is 5.98. The van der Waals surface area contributed by atoms with E-state index in [4.69, 9.17) is 0 Å². The van der Waals surface area contributed by atoms with Gasteiger partial charge in [-0.05, 0) is 30.2 Å². The molecule has 0 unspecified atom stereocenters. The van der Waals surface area contributed by atoms with Gasteiger partial charge in [0.25, 0.3) is 5.91 Å². The van der Waals surface area contributed by atoms with Crippen molar-refractivity contribution in [1.29, 1.82) is 0 Å². The van der Waals surface area contributed by atoms with Gasteiger partial charge in [0.2, 0.25) is 15.2 Å². The first kappa shape index (κ1) is 16.8. The summed E-state index contributed by atoms with van der Waals surface area (Å²) in [7, 11) is -3.29. The number of aromatic nitrogens is 2. The molecule has 2 aromatic rings. The highest BCUT2D eigenvalue weighted by molar-refractivity contribution is 7.92. The van der Waals surface area contributed by atoms with Crippen molar-refractivity contribution in [2.45, 2.75) is 26.2 Å². The smallest absolute Gasteiger partial charge is 0.257 e. The summed E-state index contributed by atoms with van der Waals surface area (Å²) in [4.78, 5) is 12.4. The zero-order valence-corrected chi connectivity index (χ0v) is 15.2. The van der Waals surface area contributed by atoms with Crippen LogP contribution in [0.2, 0.25) is 0 Å². The lowest BCUT2D eigenvalue weighted by molar-refractivity contribution is 0.102. The third kappa shape index (κ3) is 3.27. The molecule has 0 saturated carbocycles. The highest BCUT2D eigenvalue weighted by Gasteiger charge is 2.26. The van der Waals surface area contributed by atoms with Crippen LogP contribution in [0, 0.1) is 0 Å². The molecule has 2 heterocycles. The van der Waals surface area contributed by atoms with E-state index in [0.29, 0.717) is 29.3 Å². The fourth-order valence-corrected chi connectivity index (χ4v) is 4.24. The predicted molar refractivity (Wildman–Crippen MR) is 94.3 cm³/mol. The molecule has 1 aliphatic heterocycles. The molecule has 1 aromatic carbocycles. The maximum Gasteiger partial charge on any atom is 0.257 e. The molecule has 3 rings (SSSR count). The van der Waals surface area contributed by atoms with Gasteiger partial charge in [-0.25, -0.2) is 8.42 Å². The molecule has 7 nitrogen and oxygen atoms in total. The van der Waals surface area contributed by atoms with E-state index in [1.807, 2.05) is 13.8 Å². The highest BCUT2D eigenvalue weighted by atomic mass is 32.2. The first-order chi connectivity index (χ1) is 11.3. The first-order valence-electron chi connectivity index (χ1n) is 7.51. The second-order valence-corrected chi connectivity index (χ2v) is 8.90. The molecule has 1 amide bonds. The van der Waals surface area contributed by atoms with Crippen LogP contribution in [0.1, 0.15) is 40.7 Å². The van der Waals surface area contributed by atoms with E-state index in [0.717, 1.165) is 10.6 Å². The Bertz CT molecular complexity index is 890. The Balaban J connectivity index is 1.79. The Morgan fingerprint density at radius 2 is 2.08 bits per heavy atom. The predicted octanol–water partition coefficient (Wildman–Crippen LogP) is 2.24. The summed E-state index contributed by atoms with van der Waals surface area (Å²) in [5, 5.41) is 12.1. The molecule has 0 spiro atoms. The number of hydrogen-bond donors (Lipinski definition) is 1. The normalized spacial score (nSPS) is 14.1. The molecule has 0 saturated heterocycles. The summed E-state index contributed by atoms with van der Waals surface area (Å²) in [5.41, 5.74) is 1.98. The van der Waals surface area contributed by atoms with Crippen LogP contribution in [-0.4, -0.2) is 37.3 Å². The van der Waals surface area contributed by atoms with Crippen molar-refractivity contribution in [3.8, 4) is 0 Å². The Labute approximate surface area is 144 Å². The van der Waals surface area contributed by atoms with E-state index < -0.39 is 10.0 Å². The van der Waals surface area contributed by atoms with Crippen LogP contribution in [0.4, 0.5) is 10.8 Å². The molecule has 128 valence electrons. The minimum atomic E-state index is -3.29. The lowest BCUT2D eigenvalue weighted by Crippen LogP contribution is -2.27. The third-order valence-electron chi connectivity index (χ3n) is 3.75. The number of amides is 1. The third-order valence-corrected chi connectivity index (χ3v) is 6.07. The molecular weight excluding hydrogens is 348 g/mol. The summed E-state index contributed by atoms with van der Waals surface area (Å²) >= 11 is 1.35. The van der Waals surface area contributed by atoms with Crippen molar-refractivity contribution in [2.75, 3.05) is 22.4 Å². The fourth-order valence-electron chi connectivity index (χ4n) is 2.54.